The van der Waals surface area contributed by atoms with Gasteiger partial charge in [0, 0.05) is 11.9 Å². The number of sulfonamides is 1. The van der Waals surface area contributed by atoms with Crippen molar-refractivity contribution in [1.82, 2.24) is 14.8 Å². The molecule has 21 heavy (non-hydrogen) atoms. The van der Waals surface area contributed by atoms with Crippen LogP contribution >= 0.6 is 0 Å². The summed E-state index contributed by atoms with van der Waals surface area (Å²) in [5.74, 6) is 0.333. The molecule has 0 spiro atoms. The van der Waals surface area contributed by atoms with Crippen molar-refractivity contribution in [3.63, 3.8) is 0 Å². The lowest BCUT2D eigenvalue weighted by molar-refractivity contribution is 0.604. The molecule has 2 heterocycles. The number of hydrogen-bond acceptors (Lipinski definition) is 4. The number of benzene rings is 1. The summed E-state index contributed by atoms with van der Waals surface area (Å²) in [5, 5.41) is 6.02. The summed E-state index contributed by atoms with van der Waals surface area (Å²) >= 11 is 0. The Morgan fingerprint density at radius 2 is 2.05 bits per heavy atom. The molecule has 0 aliphatic carbocycles. The molecule has 0 fully saturated rings. The van der Waals surface area contributed by atoms with Crippen molar-refractivity contribution >= 4 is 37.8 Å². The standard InChI is InChI=1S/C14H16N4O2S/c1-3-8-18-14-11(13(16-18)17-21(2,19)20)9-10-6-4-5-7-12(10)15-14/h4-7,9H,3,8H2,1-2H3,(H,16,17). The summed E-state index contributed by atoms with van der Waals surface area (Å²) in [6.45, 7) is 2.73. The van der Waals surface area contributed by atoms with Crippen molar-refractivity contribution in [1.29, 1.82) is 0 Å². The summed E-state index contributed by atoms with van der Waals surface area (Å²) in [5.41, 5.74) is 1.56. The molecule has 3 aromatic rings. The van der Waals surface area contributed by atoms with Crippen LogP contribution in [0.1, 0.15) is 13.3 Å². The molecule has 0 saturated heterocycles. The van der Waals surface area contributed by atoms with Crippen LogP contribution in [0.15, 0.2) is 30.3 Å². The molecule has 0 atom stereocenters. The Bertz CT molecular complexity index is 915. The number of aryl methyl sites for hydroxylation is 1. The Morgan fingerprint density at radius 3 is 2.76 bits per heavy atom. The number of hydrogen-bond donors (Lipinski definition) is 1. The molecule has 110 valence electrons. The second kappa shape index (κ2) is 5.00. The molecule has 1 aromatic carbocycles. The summed E-state index contributed by atoms with van der Waals surface area (Å²) in [6.07, 6.45) is 2.01. The Labute approximate surface area is 122 Å². The van der Waals surface area contributed by atoms with Crippen molar-refractivity contribution in [3.8, 4) is 0 Å². The van der Waals surface area contributed by atoms with Crippen molar-refractivity contribution in [2.24, 2.45) is 0 Å². The smallest absolute Gasteiger partial charge is 0.231 e. The number of aromatic nitrogens is 3. The lowest BCUT2D eigenvalue weighted by Crippen LogP contribution is -2.10. The molecule has 0 saturated carbocycles. The van der Waals surface area contributed by atoms with Gasteiger partial charge in [0.05, 0.1) is 17.2 Å². The first-order valence-corrected chi connectivity index (χ1v) is 8.61. The highest BCUT2D eigenvalue weighted by Crippen LogP contribution is 2.26. The van der Waals surface area contributed by atoms with E-state index in [0.717, 1.165) is 23.6 Å². The largest absolute Gasteiger partial charge is 0.266 e. The third kappa shape index (κ3) is 2.69. The summed E-state index contributed by atoms with van der Waals surface area (Å²) in [6, 6.07) is 9.66. The van der Waals surface area contributed by atoms with Crippen molar-refractivity contribution in [2.75, 3.05) is 11.0 Å². The Kier molecular flexibility index (Phi) is 3.29. The maximum atomic E-state index is 11.5. The number of anilines is 1. The molecule has 1 N–H and O–H groups in total. The van der Waals surface area contributed by atoms with Crippen LogP contribution in [-0.2, 0) is 16.6 Å². The van der Waals surface area contributed by atoms with E-state index in [1.165, 1.54) is 0 Å². The van der Waals surface area contributed by atoms with Gasteiger partial charge >= 0.3 is 0 Å². The van der Waals surface area contributed by atoms with E-state index in [-0.39, 0.29) is 0 Å². The zero-order chi connectivity index (χ0) is 15.0. The maximum absolute atomic E-state index is 11.5. The van der Waals surface area contributed by atoms with Gasteiger partial charge in [0.2, 0.25) is 10.0 Å². The number of rotatable bonds is 4. The SMILES string of the molecule is CCCn1nc(NS(C)(=O)=O)c2cc3ccccc3nc21. The van der Waals surface area contributed by atoms with Crippen LogP contribution < -0.4 is 4.72 Å². The molecule has 0 aliphatic heterocycles. The third-order valence-corrected chi connectivity index (χ3v) is 3.71. The Balaban J connectivity index is 2.29. The first kappa shape index (κ1) is 13.8. The van der Waals surface area contributed by atoms with Gasteiger partial charge in [-0.2, -0.15) is 5.10 Å². The fourth-order valence-electron chi connectivity index (χ4n) is 2.32. The van der Waals surface area contributed by atoms with E-state index in [2.05, 4.69) is 14.8 Å². The van der Waals surface area contributed by atoms with Gasteiger partial charge < -0.3 is 0 Å². The molecular formula is C14H16N4O2S. The van der Waals surface area contributed by atoms with Gasteiger partial charge in [-0.1, -0.05) is 25.1 Å². The number of pyridine rings is 1. The monoisotopic (exact) mass is 304 g/mol. The first-order chi connectivity index (χ1) is 9.98. The van der Waals surface area contributed by atoms with Crippen LogP contribution in [0, 0.1) is 0 Å². The third-order valence-electron chi connectivity index (χ3n) is 3.14. The second-order valence-electron chi connectivity index (χ2n) is 5.00. The zero-order valence-electron chi connectivity index (χ0n) is 11.9. The van der Waals surface area contributed by atoms with Gasteiger partial charge in [-0.3, -0.25) is 4.72 Å². The van der Waals surface area contributed by atoms with Crippen LogP contribution in [0.5, 0.6) is 0 Å². The number of nitrogens with zero attached hydrogens (tertiary/aromatic N) is 3. The molecule has 0 radical (unpaired) electrons. The van der Waals surface area contributed by atoms with Gasteiger partial charge in [0.15, 0.2) is 11.5 Å². The highest BCUT2D eigenvalue weighted by Gasteiger charge is 2.15. The Hall–Kier alpha value is -2.15. The van der Waals surface area contributed by atoms with Crippen LogP contribution in [0.4, 0.5) is 5.82 Å². The molecule has 3 rings (SSSR count). The fourth-order valence-corrected chi connectivity index (χ4v) is 2.82. The molecule has 0 unspecified atom stereocenters. The lowest BCUT2D eigenvalue weighted by Gasteiger charge is -2.01. The van der Waals surface area contributed by atoms with Crippen molar-refractivity contribution in [2.45, 2.75) is 19.9 Å². The van der Waals surface area contributed by atoms with Crippen LogP contribution in [0.25, 0.3) is 21.9 Å². The normalized spacial score (nSPS) is 12.1. The zero-order valence-corrected chi connectivity index (χ0v) is 12.7. The van der Waals surface area contributed by atoms with E-state index in [1.54, 1.807) is 4.68 Å². The number of nitrogens with one attached hydrogen (secondary N) is 1. The summed E-state index contributed by atoms with van der Waals surface area (Å²) in [7, 11) is -3.38. The van der Waals surface area contributed by atoms with E-state index in [1.807, 2.05) is 37.3 Å². The van der Waals surface area contributed by atoms with Crippen molar-refractivity contribution in [3.05, 3.63) is 30.3 Å². The first-order valence-electron chi connectivity index (χ1n) is 6.72. The quantitative estimate of drug-likeness (QED) is 0.802. The van der Waals surface area contributed by atoms with Crippen LogP contribution in [-0.4, -0.2) is 29.4 Å². The predicted molar refractivity (Wildman–Crippen MR) is 83.8 cm³/mol. The summed E-state index contributed by atoms with van der Waals surface area (Å²) in [4.78, 5) is 4.61. The average molecular weight is 304 g/mol. The molecule has 7 heteroatoms. The van der Waals surface area contributed by atoms with Gasteiger partial charge in [-0.05, 0) is 18.6 Å². The second-order valence-corrected chi connectivity index (χ2v) is 6.75. The van der Waals surface area contributed by atoms with E-state index in [0.29, 0.717) is 23.4 Å². The molecule has 0 bridgehead atoms. The number of fused-ring (bicyclic) bond motifs is 2. The molecular weight excluding hydrogens is 288 g/mol. The molecule has 0 aliphatic rings. The van der Waals surface area contributed by atoms with E-state index >= 15 is 0 Å². The minimum Gasteiger partial charge on any atom is -0.266 e. The van der Waals surface area contributed by atoms with Gasteiger partial charge in [-0.15, -0.1) is 0 Å². The minimum atomic E-state index is -3.38. The summed E-state index contributed by atoms with van der Waals surface area (Å²) < 4.78 is 27.2. The number of para-hydroxylation sites is 1. The van der Waals surface area contributed by atoms with Gasteiger partial charge in [0.25, 0.3) is 0 Å². The van der Waals surface area contributed by atoms with Crippen LogP contribution in [0.2, 0.25) is 0 Å². The highest BCUT2D eigenvalue weighted by atomic mass is 32.2. The maximum Gasteiger partial charge on any atom is 0.231 e. The molecule has 0 amide bonds. The molecule has 2 aromatic heterocycles. The van der Waals surface area contributed by atoms with E-state index < -0.39 is 10.0 Å². The average Bonchev–Trinajstić information content (AvgIpc) is 2.73. The van der Waals surface area contributed by atoms with Gasteiger partial charge in [0.1, 0.15) is 0 Å². The Morgan fingerprint density at radius 1 is 1.29 bits per heavy atom. The fraction of sp³-hybridized carbons (Fsp3) is 0.286. The van der Waals surface area contributed by atoms with E-state index in [4.69, 9.17) is 0 Å². The molecule has 6 nitrogen and oxygen atoms in total. The highest BCUT2D eigenvalue weighted by molar-refractivity contribution is 7.92. The van der Waals surface area contributed by atoms with Gasteiger partial charge in [-0.25, -0.2) is 18.1 Å². The van der Waals surface area contributed by atoms with Crippen LogP contribution in [0.3, 0.4) is 0 Å². The van der Waals surface area contributed by atoms with Crippen molar-refractivity contribution < 1.29 is 8.42 Å². The predicted octanol–water partition coefficient (Wildman–Crippen LogP) is 2.37. The van der Waals surface area contributed by atoms with E-state index in [9.17, 15) is 8.42 Å². The minimum absolute atomic E-state index is 0.333. The topological polar surface area (TPSA) is 76.9 Å². The lowest BCUT2D eigenvalue weighted by atomic mass is 10.2.